The molecule has 0 amide bonds. The molecule has 3 rings (SSSR count). The van der Waals surface area contributed by atoms with Crippen molar-refractivity contribution < 1.29 is 4.74 Å². The zero-order chi connectivity index (χ0) is 13.8. The molecule has 1 unspecified atom stereocenters. The van der Waals surface area contributed by atoms with E-state index in [9.17, 15) is 0 Å². The predicted octanol–water partition coefficient (Wildman–Crippen LogP) is 2.80. The van der Waals surface area contributed by atoms with Gasteiger partial charge in [0.25, 0.3) is 0 Å². The lowest BCUT2D eigenvalue weighted by atomic mass is 9.83. The maximum Gasteiger partial charge on any atom is 0.0708 e. The standard InChI is InChI=1S/C17H32N2O/c1-19-11-6-15(7-12-19)13-18-14-16-5-10-17(20-16)8-3-2-4-9-17/h15-16,18H,2-14H2,1H3. The first-order valence-electron chi connectivity index (χ1n) is 8.83. The Labute approximate surface area is 124 Å². The molecule has 0 bridgehead atoms. The summed E-state index contributed by atoms with van der Waals surface area (Å²) in [6.45, 7) is 4.82. The average molecular weight is 280 g/mol. The molecule has 116 valence electrons. The van der Waals surface area contributed by atoms with Crippen molar-refractivity contribution >= 4 is 0 Å². The van der Waals surface area contributed by atoms with Crippen LogP contribution in [0.15, 0.2) is 0 Å². The van der Waals surface area contributed by atoms with E-state index < -0.39 is 0 Å². The smallest absolute Gasteiger partial charge is 0.0708 e. The highest BCUT2D eigenvalue weighted by atomic mass is 16.5. The summed E-state index contributed by atoms with van der Waals surface area (Å²) in [6.07, 6.45) is 12.6. The molecule has 1 saturated carbocycles. The van der Waals surface area contributed by atoms with Gasteiger partial charge >= 0.3 is 0 Å². The Morgan fingerprint density at radius 1 is 1.00 bits per heavy atom. The van der Waals surface area contributed by atoms with Gasteiger partial charge in [0.1, 0.15) is 0 Å². The molecule has 3 aliphatic rings. The molecular weight excluding hydrogens is 248 g/mol. The molecule has 1 spiro atoms. The van der Waals surface area contributed by atoms with Crippen molar-refractivity contribution in [2.75, 3.05) is 33.2 Å². The number of hydrogen-bond acceptors (Lipinski definition) is 3. The van der Waals surface area contributed by atoms with Crippen molar-refractivity contribution in [3.8, 4) is 0 Å². The van der Waals surface area contributed by atoms with Crippen LogP contribution in [0.2, 0.25) is 0 Å². The Bertz CT molecular complexity index is 293. The van der Waals surface area contributed by atoms with Gasteiger partial charge in [-0.3, -0.25) is 0 Å². The van der Waals surface area contributed by atoms with Crippen LogP contribution in [0.4, 0.5) is 0 Å². The van der Waals surface area contributed by atoms with Gasteiger partial charge in [0.2, 0.25) is 0 Å². The molecule has 3 nitrogen and oxygen atoms in total. The summed E-state index contributed by atoms with van der Waals surface area (Å²) in [5.41, 5.74) is 0.290. The molecule has 2 heterocycles. The van der Waals surface area contributed by atoms with Crippen LogP contribution in [0.3, 0.4) is 0 Å². The van der Waals surface area contributed by atoms with Crippen LogP contribution in [0, 0.1) is 5.92 Å². The lowest BCUT2D eigenvalue weighted by molar-refractivity contribution is -0.0625. The van der Waals surface area contributed by atoms with Crippen LogP contribution < -0.4 is 5.32 Å². The van der Waals surface area contributed by atoms with Crippen LogP contribution in [-0.2, 0) is 4.74 Å². The fraction of sp³-hybridized carbons (Fsp3) is 1.00. The fourth-order valence-corrected chi connectivity index (χ4v) is 4.32. The fourth-order valence-electron chi connectivity index (χ4n) is 4.32. The number of hydrogen-bond donors (Lipinski definition) is 1. The molecule has 1 aliphatic carbocycles. The number of ether oxygens (including phenoxy) is 1. The number of nitrogens with zero attached hydrogens (tertiary/aromatic N) is 1. The highest BCUT2D eigenvalue weighted by Crippen LogP contribution is 2.41. The summed E-state index contributed by atoms with van der Waals surface area (Å²) < 4.78 is 6.43. The first-order valence-corrected chi connectivity index (χ1v) is 8.83. The van der Waals surface area contributed by atoms with Gasteiger partial charge in [0, 0.05) is 6.54 Å². The Morgan fingerprint density at radius 2 is 1.75 bits per heavy atom. The summed E-state index contributed by atoms with van der Waals surface area (Å²) in [5.74, 6) is 0.885. The Hall–Kier alpha value is -0.120. The van der Waals surface area contributed by atoms with Gasteiger partial charge in [0.15, 0.2) is 0 Å². The predicted molar refractivity (Wildman–Crippen MR) is 83.0 cm³/mol. The van der Waals surface area contributed by atoms with E-state index in [0.29, 0.717) is 6.10 Å². The van der Waals surface area contributed by atoms with Crippen LogP contribution >= 0.6 is 0 Å². The second-order valence-electron chi connectivity index (χ2n) is 7.43. The molecule has 3 fully saturated rings. The number of nitrogens with one attached hydrogen (secondary N) is 1. The van der Waals surface area contributed by atoms with Crippen molar-refractivity contribution in [3.63, 3.8) is 0 Å². The zero-order valence-electron chi connectivity index (χ0n) is 13.2. The average Bonchev–Trinajstić information content (AvgIpc) is 2.85. The lowest BCUT2D eigenvalue weighted by Gasteiger charge is -2.33. The molecule has 3 heteroatoms. The van der Waals surface area contributed by atoms with E-state index in [1.807, 2.05) is 0 Å². The summed E-state index contributed by atoms with van der Waals surface area (Å²) in [5, 5.41) is 3.69. The van der Waals surface area contributed by atoms with Gasteiger partial charge in [-0.15, -0.1) is 0 Å². The first kappa shape index (κ1) is 14.8. The molecule has 0 aromatic heterocycles. The Kier molecular flexibility index (Phi) is 5.00. The topological polar surface area (TPSA) is 24.5 Å². The summed E-state index contributed by atoms with van der Waals surface area (Å²) in [7, 11) is 2.24. The molecule has 0 aromatic carbocycles. The van der Waals surface area contributed by atoms with Crippen molar-refractivity contribution in [2.24, 2.45) is 5.92 Å². The van der Waals surface area contributed by atoms with Crippen LogP contribution in [-0.4, -0.2) is 49.8 Å². The highest BCUT2D eigenvalue weighted by Gasteiger charge is 2.40. The second kappa shape index (κ2) is 6.76. The summed E-state index contributed by atoms with van der Waals surface area (Å²) in [6, 6.07) is 0. The van der Waals surface area contributed by atoms with Gasteiger partial charge < -0.3 is 15.0 Å². The van der Waals surface area contributed by atoms with E-state index >= 15 is 0 Å². The minimum atomic E-state index is 0.290. The van der Waals surface area contributed by atoms with Gasteiger partial charge in [-0.1, -0.05) is 19.3 Å². The third-order valence-electron chi connectivity index (χ3n) is 5.75. The van der Waals surface area contributed by atoms with Crippen molar-refractivity contribution in [1.82, 2.24) is 10.2 Å². The quantitative estimate of drug-likeness (QED) is 0.857. The van der Waals surface area contributed by atoms with E-state index in [1.165, 1.54) is 77.4 Å². The SMILES string of the molecule is CN1CCC(CNCC2CCC3(CCCCC3)O2)CC1. The minimum absolute atomic E-state index is 0.290. The monoisotopic (exact) mass is 280 g/mol. The Balaban J connectivity index is 1.33. The normalized spacial score (nSPS) is 31.9. The highest BCUT2D eigenvalue weighted by molar-refractivity contribution is 4.91. The second-order valence-corrected chi connectivity index (χ2v) is 7.43. The maximum atomic E-state index is 6.43. The number of rotatable bonds is 4. The zero-order valence-corrected chi connectivity index (χ0v) is 13.2. The van der Waals surface area contributed by atoms with Crippen molar-refractivity contribution in [3.05, 3.63) is 0 Å². The molecule has 1 N–H and O–H groups in total. The van der Waals surface area contributed by atoms with E-state index in [-0.39, 0.29) is 5.60 Å². The van der Waals surface area contributed by atoms with Crippen LogP contribution in [0.5, 0.6) is 0 Å². The third-order valence-corrected chi connectivity index (χ3v) is 5.75. The Morgan fingerprint density at radius 3 is 2.50 bits per heavy atom. The van der Waals surface area contributed by atoms with Crippen molar-refractivity contribution in [1.29, 1.82) is 0 Å². The van der Waals surface area contributed by atoms with Crippen molar-refractivity contribution in [2.45, 2.75) is 69.5 Å². The molecule has 1 atom stereocenters. The molecule has 0 aromatic rings. The maximum absolute atomic E-state index is 6.43. The van der Waals surface area contributed by atoms with Gasteiger partial charge in [-0.25, -0.2) is 0 Å². The van der Waals surface area contributed by atoms with E-state index in [4.69, 9.17) is 4.74 Å². The number of piperidine rings is 1. The van der Waals surface area contributed by atoms with E-state index in [1.54, 1.807) is 0 Å². The molecular formula is C17H32N2O. The summed E-state index contributed by atoms with van der Waals surface area (Å²) >= 11 is 0. The first-order chi connectivity index (χ1) is 9.76. The summed E-state index contributed by atoms with van der Waals surface area (Å²) in [4.78, 5) is 2.45. The lowest BCUT2D eigenvalue weighted by Crippen LogP contribution is -2.38. The molecule has 2 saturated heterocycles. The molecule has 20 heavy (non-hydrogen) atoms. The largest absolute Gasteiger partial charge is 0.370 e. The van der Waals surface area contributed by atoms with Crippen LogP contribution in [0.25, 0.3) is 0 Å². The van der Waals surface area contributed by atoms with E-state index in [0.717, 1.165) is 12.5 Å². The van der Waals surface area contributed by atoms with Crippen LogP contribution in [0.1, 0.15) is 57.8 Å². The van der Waals surface area contributed by atoms with Gasteiger partial charge in [-0.2, -0.15) is 0 Å². The van der Waals surface area contributed by atoms with Gasteiger partial charge in [-0.05, 0) is 71.1 Å². The minimum Gasteiger partial charge on any atom is -0.370 e. The van der Waals surface area contributed by atoms with E-state index in [2.05, 4.69) is 17.3 Å². The molecule has 2 aliphatic heterocycles. The third kappa shape index (κ3) is 3.75. The number of likely N-dealkylation sites (tertiary alicyclic amines) is 1. The van der Waals surface area contributed by atoms with Gasteiger partial charge in [0.05, 0.1) is 11.7 Å². The molecule has 0 radical (unpaired) electrons.